The molecule has 0 aliphatic carbocycles. The summed E-state index contributed by atoms with van der Waals surface area (Å²) in [5.74, 6) is 0. The van der Waals surface area contributed by atoms with Crippen molar-refractivity contribution in [1.29, 1.82) is 0 Å². The molecule has 3 heteroatoms. The number of para-hydroxylation sites is 2. The van der Waals surface area contributed by atoms with E-state index in [0.717, 1.165) is 16.6 Å². The number of nitrogens with zero attached hydrogens (tertiary/aromatic N) is 3. The van der Waals surface area contributed by atoms with Gasteiger partial charge < -0.3 is 9.47 Å². The monoisotopic (exact) mass is 337 g/mol. The van der Waals surface area contributed by atoms with Crippen LogP contribution in [-0.4, -0.2) is 16.6 Å². The van der Waals surface area contributed by atoms with Crippen LogP contribution in [-0.2, 0) is 7.05 Å². The molecule has 2 aromatic heterocycles. The van der Waals surface area contributed by atoms with Crippen molar-refractivity contribution in [3.05, 3.63) is 79.0 Å². The Morgan fingerprint density at radius 1 is 0.769 bits per heavy atom. The topological polar surface area (TPSA) is 21.1 Å². The Morgan fingerprint density at radius 2 is 1.50 bits per heavy atom. The normalized spacial score (nSPS) is 11.5. The van der Waals surface area contributed by atoms with Crippen molar-refractivity contribution in [2.24, 2.45) is 7.05 Å². The molecule has 0 spiro atoms. The average Bonchev–Trinajstić information content (AvgIpc) is 2.99. The van der Waals surface area contributed by atoms with E-state index in [1.165, 1.54) is 27.5 Å². The molecule has 0 amide bonds. The molecule has 126 valence electrons. The van der Waals surface area contributed by atoms with Gasteiger partial charge in [0.25, 0.3) is 0 Å². The molecule has 0 unspecified atom stereocenters. The minimum absolute atomic E-state index is 1.02. The highest BCUT2D eigenvalue weighted by Gasteiger charge is 2.12. The van der Waals surface area contributed by atoms with Gasteiger partial charge in [-0.3, -0.25) is 4.98 Å². The molecule has 0 radical (unpaired) electrons. The summed E-state index contributed by atoms with van der Waals surface area (Å²) in [7, 11) is 4.25. The number of anilines is 2. The summed E-state index contributed by atoms with van der Waals surface area (Å²) in [6.45, 7) is 0. The van der Waals surface area contributed by atoms with Gasteiger partial charge in [0, 0.05) is 53.2 Å². The van der Waals surface area contributed by atoms with Gasteiger partial charge in [-0.25, -0.2) is 0 Å². The highest BCUT2D eigenvalue weighted by Crippen LogP contribution is 2.34. The standard InChI is InChI=1S/C23H19N3/c1-25(23-13-14-24-20-9-5-3-8-18(20)23)16-11-12-22-19(15-16)17-7-4-6-10-21(17)26(22)2/h3-15H,1-2H3. The minimum Gasteiger partial charge on any atom is -0.344 e. The maximum atomic E-state index is 4.48. The summed E-state index contributed by atoms with van der Waals surface area (Å²) in [4.78, 5) is 6.72. The maximum Gasteiger partial charge on any atom is 0.0722 e. The largest absolute Gasteiger partial charge is 0.344 e. The summed E-state index contributed by atoms with van der Waals surface area (Å²) in [5.41, 5.74) is 5.86. The molecule has 0 fully saturated rings. The van der Waals surface area contributed by atoms with Crippen LogP contribution in [0.25, 0.3) is 32.7 Å². The van der Waals surface area contributed by atoms with E-state index in [1.807, 2.05) is 12.3 Å². The van der Waals surface area contributed by atoms with Crippen molar-refractivity contribution in [1.82, 2.24) is 9.55 Å². The van der Waals surface area contributed by atoms with Crippen LogP contribution in [0.2, 0.25) is 0 Å². The molecule has 0 N–H and O–H groups in total. The van der Waals surface area contributed by atoms with Crippen molar-refractivity contribution in [2.75, 3.05) is 11.9 Å². The molecule has 5 rings (SSSR count). The molecule has 3 nitrogen and oxygen atoms in total. The maximum absolute atomic E-state index is 4.48. The Hall–Kier alpha value is -3.33. The van der Waals surface area contributed by atoms with E-state index >= 15 is 0 Å². The van der Waals surface area contributed by atoms with Gasteiger partial charge >= 0.3 is 0 Å². The third-order valence-electron chi connectivity index (χ3n) is 5.27. The molecule has 5 aromatic rings. The fourth-order valence-corrected chi connectivity index (χ4v) is 3.88. The SMILES string of the molecule is CN(c1ccc2c(c1)c1ccccc1n2C)c1ccnc2ccccc12. The Balaban J connectivity index is 1.72. The first kappa shape index (κ1) is 15.0. The summed E-state index contributed by atoms with van der Waals surface area (Å²) >= 11 is 0. The van der Waals surface area contributed by atoms with E-state index in [1.54, 1.807) is 0 Å². The van der Waals surface area contributed by atoms with Crippen LogP contribution in [0.15, 0.2) is 79.0 Å². The van der Waals surface area contributed by atoms with Gasteiger partial charge in [-0.05, 0) is 36.4 Å². The van der Waals surface area contributed by atoms with E-state index in [2.05, 4.69) is 95.3 Å². The number of fused-ring (bicyclic) bond motifs is 4. The Kier molecular flexibility index (Phi) is 3.22. The number of benzene rings is 3. The smallest absolute Gasteiger partial charge is 0.0722 e. The molecular weight excluding hydrogens is 318 g/mol. The first-order valence-corrected chi connectivity index (χ1v) is 8.79. The zero-order valence-electron chi connectivity index (χ0n) is 14.8. The number of aromatic nitrogens is 2. The van der Waals surface area contributed by atoms with E-state index in [0.29, 0.717) is 0 Å². The molecule has 0 saturated heterocycles. The van der Waals surface area contributed by atoms with Crippen LogP contribution in [0, 0.1) is 0 Å². The molecule has 2 heterocycles. The van der Waals surface area contributed by atoms with Crippen LogP contribution in [0.3, 0.4) is 0 Å². The van der Waals surface area contributed by atoms with Gasteiger partial charge in [0.1, 0.15) is 0 Å². The Bertz CT molecular complexity index is 1260. The third kappa shape index (κ3) is 2.10. The van der Waals surface area contributed by atoms with Gasteiger partial charge in [-0.2, -0.15) is 0 Å². The lowest BCUT2D eigenvalue weighted by atomic mass is 10.1. The predicted octanol–water partition coefficient (Wildman–Crippen LogP) is 5.65. The quantitative estimate of drug-likeness (QED) is 0.415. The summed E-state index contributed by atoms with van der Waals surface area (Å²) in [6.07, 6.45) is 1.88. The Morgan fingerprint density at radius 3 is 2.38 bits per heavy atom. The van der Waals surface area contributed by atoms with Gasteiger partial charge in [0.15, 0.2) is 0 Å². The molecule has 0 atom stereocenters. The average molecular weight is 337 g/mol. The molecular formula is C23H19N3. The molecule has 0 saturated carbocycles. The van der Waals surface area contributed by atoms with Crippen LogP contribution in [0.5, 0.6) is 0 Å². The number of rotatable bonds is 2. The molecule has 26 heavy (non-hydrogen) atoms. The molecule has 0 aliphatic heterocycles. The van der Waals surface area contributed by atoms with Gasteiger partial charge in [-0.1, -0.05) is 36.4 Å². The van der Waals surface area contributed by atoms with Gasteiger partial charge in [-0.15, -0.1) is 0 Å². The van der Waals surface area contributed by atoms with E-state index in [4.69, 9.17) is 0 Å². The van der Waals surface area contributed by atoms with Crippen LogP contribution in [0.1, 0.15) is 0 Å². The van der Waals surface area contributed by atoms with Crippen LogP contribution < -0.4 is 4.90 Å². The van der Waals surface area contributed by atoms with Gasteiger partial charge in [0.05, 0.1) is 11.2 Å². The van der Waals surface area contributed by atoms with E-state index in [9.17, 15) is 0 Å². The van der Waals surface area contributed by atoms with Crippen molar-refractivity contribution < 1.29 is 0 Å². The highest BCUT2D eigenvalue weighted by molar-refractivity contribution is 6.09. The van der Waals surface area contributed by atoms with Crippen molar-refractivity contribution in [2.45, 2.75) is 0 Å². The lowest BCUT2D eigenvalue weighted by Gasteiger charge is -2.21. The highest BCUT2D eigenvalue weighted by atomic mass is 15.1. The second-order valence-electron chi connectivity index (χ2n) is 6.68. The molecule has 0 aliphatic rings. The van der Waals surface area contributed by atoms with E-state index in [-0.39, 0.29) is 0 Å². The number of aryl methyl sites for hydroxylation is 1. The summed E-state index contributed by atoms with van der Waals surface area (Å²) in [5, 5.41) is 3.74. The summed E-state index contributed by atoms with van der Waals surface area (Å²) in [6, 6.07) is 25.6. The molecule has 3 aromatic carbocycles. The number of pyridine rings is 1. The second kappa shape index (κ2) is 5.60. The third-order valence-corrected chi connectivity index (χ3v) is 5.27. The number of hydrogen-bond donors (Lipinski definition) is 0. The van der Waals surface area contributed by atoms with Gasteiger partial charge in [0.2, 0.25) is 0 Å². The molecule has 0 bridgehead atoms. The zero-order valence-corrected chi connectivity index (χ0v) is 14.8. The van der Waals surface area contributed by atoms with Crippen LogP contribution >= 0.6 is 0 Å². The van der Waals surface area contributed by atoms with E-state index < -0.39 is 0 Å². The fourth-order valence-electron chi connectivity index (χ4n) is 3.88. The van der Waals surface area contributed by atoms with Crippen molar-refractivity contribution in [3.63, 3.8) is 0 Å². The van der Waals surface area contributed by atoms with Crippen LogP contribution in [0.4, 0.5) is 11.4 Å². The van der Waals surface area contributed by atoms with Crippen molar-refractivity contribution >= 4 is 44.1 Å². The van der Waals surface area contributed by atoms with Crippen molar-refractivity contribution in [3.8, 4) is 0 Å². The Labute approximate surface area is 152 Å². The zero-order chi connectivity index (χ0) is 17.7. The summed E-state index contributed by atoms with van der Waals surface area (Å²) < 4.78 is 2.26. The number of hydrogen-bond acceptors (Lipinski definition) is 2. The lowest BCUT2D eigenvalue weighted by Crippen LogP contribution is -2.10. The first-order valence-electron chi connectivity index (χ1n) is 8.79. The lowest BCUT2D eigenvalue weighted by molar-refractivity contribution is 1.01. The first-order chi connectivity index (χ1) is 12.7. The predicted molar refractivity (Wildman–Crippen MR) is 110 cm³/mol. The minimum atomic E-state index is 1.02. The fraction of sp³-hybridized carbons (Fsp3) is 0.0870. The second-order valence-corrected chi connectivity index (χ2v) is 6.68.